The lowest BCUT2D eigenvalue weighted by molar-refractivity contribution is 0.141. The van der Waals surface area contributed by atoms with E-state index in [1.807, 2.05) is 0 Å². The SMILES string of the molecule is CC(C)N1CCCC(NC(C)(C)C)C1. The molecule has 0 aromatic rings. The highest BCUT2D eigenvalue weighted by atomic mass is 15.2. The largest absolute Gasteiger partial charge is 0.308 e. The maximum absolute atomic E-state index is 3.70. The van der Waals surface area contributed by atoms with Crippen LogP contribution in [0.1, 0.15) is 47.5 Å². The number of hydrogen-bond donors (Lipinski definition) is 1. The van der Waals surface area contributed by atoms with Crippen molar-refractivity contribution < 1.29 is 0 Å². The van der Waals surface area contributed by atoms with Gasteiger partial charge in [0.05, 0.1) is 0 Å². The van der Waals surface area contributed by atoms with E-state index in [4.69, 9.17) is 0 Å². The summed E-state index contributed by atoms with van der Waals surface area (Å²) in [5, 5.41) is 3.70. The normalized spacial score (nSPS) is 25.7. The topological polar surface area (TPSA) is 15.3 Å². The molecule has 1 unspecified atom stereocenters. The number of likely N-dealkylation sites (tertiary alicyclic amines) is 1. The molecular weight excluding hydrogens is 172 g/mol. The Hall–Kier alpha value is -0.0800. The Morgan fingerprint density at radius 1 is 1.29 bits per heavy atom. The molecule has 0 saturated carbocycles. The van der Waals surface area contributed by atoms with Crippen molar-refractivity contribution in [2.45, 2.75) is 65.1 Å². The summed E-state index contributed by atoms with van der Waals surface area (Å²) in [6.07, 6.45) is 2.67. The number of hydrogen-bond acceptors (Lipinski definition) is 2. The van der Waals surface area contributed by atoms with Crippen molar-refractivity contribution in [2.24, 2.45) is 0 Å². The summed E-state index contributed by atoms with van der Waals surface area (Å²) in [5.74, 6) is 0. The van der Waals surface area contributed by atoms with Gasteiger partial charge >= 0.3 is 0 Å². The highest BCUT2D eigenvalue weighted by molar-refractivity contribution is 4.84. The van der Waals surface area contributed by atoms with Crippen molar-refractivity contribution in [3.05, 3.63) is 0 Å². The zero-order valence-corrected chi connectivity index (χ0v) is 10.4. The van der Waals surface area contributed by atoms with Gasteiger partial charge in [-0.2, -0.15) is 0 Å². The summed E-state index contributed by atoms with van der Waals surface area (Å²) < 4.78 is 0. The summed E-state index contributed by atoms with van der Waals surface area (Å²) in [6, 6.07) is 1.38. The molecule has 0 aliphatic carbocycles. The van der Waals surface area contributed by atoms with Crippen molar-refractivity contribution in [2.75, 3.05) is 13.1 Å². The molecule has 0 radical (unpaired) electrons. The molecule has 0 aromatic heterocycles. The van der Waals surface area contributed by atoms with Crippen molar-refractivity contribution in [1.82, 2.24) is 10.2 Å². The molecule has 1 aliphatic rings. The van der Waals surface area contributed by atoms with Crippen LogP contribution in [0, 0.1) is 0 Å². The Bertz CT molecular complexity index is 170. The van der Waals surface area contributed by atoms with Crippen LogP contribution in [-0.4, -0.2) is 35.6 Å². The van der Waals surface area contributed by atoms with Crippen LogP contribution in [0.4, 0.5) is 0 Å². The average Bonchev–Trinajstić information content (AvgIpc) is 2.01. The number of rotatable bonds is 2. The second kappa shape index (κ2) is 4.63. The van der Waals surface area contributed by atoms with Gasteiger partial charge in [-0.05, 0) is 54.0 Å². The van der Waals surface area contributed by atoms with E-state index in [2.05, 4.69) is 44.8 Å². The van der Waals surface area contributed by atoms with Gasteiger partial charge in [0.2, 0.25) is 0 Å². The molecule has 84 valence electrons. The molecule has 1 fully saturated rings. The molecule has 14 heavy (non-hydrogen) atoms. The molecule has 1 aliphatic heterocycles. The van der Waals surface area contributed by atoms with Crippen LogP contribution in [-0.2, 0) is 0 Å². The second-order valence-corrected chi connectivity index (χ2v) is 5.82. The molecule has 2 nitrogen and oxygen atoms in total. The zero-order valence-electron chi connectivity index (χ0n) is 10.4. The predicted octanol–water partition coefficient (Wildman–Crippen LogP) is 2.25. The van der Waals surface area contributed by atoms with E-state index in [1.165, 1.54) is 25.9 Å². The minimum Gasteiger partial charge on any atom is -0.308 e. The standard InChI is InChI=1S/C12H26N2/c1-10(2)14-8-6-7-11(9-14)13-12(3,4)5/h10-11,13H,6-9H2,1-5H3. The lowest BCUT2D eigenvalue weighted by Gasteiger charge is -2.38. The van der Waals surface area contributed by atoms with E-state index in [9.17, 15) is 0 Å². The first-order chi connectivity index (χ1) is 6.38. The fourth-order valence-electron chi connectivity index (χ4n) is 2.21. The fraction of sp³-hybridized carbons (Fsp3) is 1.00. The van der Waals surface area contributed by atoms with Crippen LogP contribution in [0.3, 0.4) is 0 Å². The predicted molar refractivity (Wildman–Crippen MR) is 62.6 cm³/mol. The molecule has 2 heteroatoms. The Balaban J connectivity index is 2.40. The van der Waals surface area contributed by atoms with Crippen LogP contribution in [0.25, 0.3) is 0 Å². The van der Waals surface area contributed by atoms with Gasteiger partial charge in [0.15, 0.2) is 0 Å². The van der Waals surface area contributed by atoms with Gasteiger partial charge in [-0.15, -0.1) is 0 Å². The Morgan fingerprint density at radius 2 is 1.93 bits per heavy atom. The lowest BCUT2D eigenvalue weighted by Crippen LogP contribution is -2.53. The van der Waals surface area contributed by atoms with Gasteiger partial charge in [0.1, 0.15) is 0 Å². The van der Waals surface area contributed by atoms with Crippen LogP contribution in [0.2, 0.25) is 0 Å². The Labute approximate surface area is 89.1 Å². The van der Waals surface area contributed by atoms with E-state index in [1.54, 1.807) is 0 Å². The molecular formula is C12H26N2. The van der Waals surface area contributed by atoms with Gasteiger partial charge in [-0.1, -0.05) is 0 Å². The van der Waals surface area contributed by atoms with Crippen molar-refractivity contribution in [3.63, 3.8) is 0 Å². The summed E-state index contributed by atoms with van der Waals surface area (Å²) >= 11 is 0. The number of nitrogens with one attached hydrogen (secondary N) is 1. The van der Waals surface area contributed by atoms with E-state index < -0.39 is 0 Å². The second-order valence-electron chi connectivity index (χ2n) is 5.82. The highest BCUT2D eigenvalue weighted by Crippen LogP contribution is 2.15. The molecule has 1 atom stereocenters. The number of piperidine rings is 1. The van der Waals surface area contributed by atoms with E-state index in [0.29, 0.717) is 12.1 Å². The maximum atomic E-state index is 3.70. The summed E-state index contributed by atoms with van der Waals surface area (Å²) in [5.41, 5.74) is 0.255. The third-order valence-corrected chi connectivity index (χ3v) is 2.82. The molecule has 1 heterocycles. The molecule has 1 saturated heterocycles. The Kier molecular flexibility index (Phi) is 3.96. The van der Waals surface area contributed by atoms with Gasteiger partial charge < -0.3 is 5.32 Å². The van der Waals surface area contributed by atoms with Crippen LogP contribution >= 0.6 is 0 Å². The van der Waals surface area contributed by atoms with Crippen molar-refractivity contribution in [1.29, 1.82) is 0 Å². The first kappa shape index (κ1) is 12.0. The summed E-state index contributed by atoms with van der Waals surface area (Å²) in [4.78, 5) is 2.58. The minimum atomic E-state index is 0.255. The lowest BCUT2D eigenvalue weighted by atomic mass is 10.00. The van der Waals surface area contributed by atoms with Crippen LogP contribution in [0.5, 0.6) is 0 Å². The first-order valence-corrected chi connectivity index (χ1v) is 5.90. The van der Waals surface area contributed by atoms with E-state index >= 15 is 0 Å². The van der Waals surface area contributed by atoms with Gasteiger partial charge in [0, 0.05) is 24.2 Å². The zero-order chi connectivity index (χ0) is 10.8. The third kappa shape index (κ3) is 3.97. The van der Waals surface area contributed by atoms with Crippen molar-refractivity contribution in [3.8, 4) is 0 Å². The van der Waals surface area contributed by atoms with Gasteiger partial charge in [-0.3, -0.25) is 4.90 Å². The molecule has 0 amide bonds. The highest BCUT2D eigenvalue weighted by Gasteiger charge is 2.24. The summed E-state index contributed by atoms with van der Waals surface area (Å²) in [6.45, 7) is 13.8. The number of nitrogens with zero attached hydrogens (tertiary/aromatic N) is 1. The quantitative estimate of drug-likeness (QED) is 0.732. The Morgan fingerprint density at radius 3 is 2.43 bits per heavy atom. The fourth-order valence-corrected chi connectivity index (χ4v) is 2.21. The van der Waals surface area contributed by atoms with Gasteiger partial charge in [-0.25, -0.2) is 0 Å². The third-order valence-electron chi connectivity index (χ3n) is 2.82. The van der Waals surface area contributed by atoms with Crippen LogP contribution < -0.4 is 5.32 Å². The maximum Gasteiger partial charge on any atom is 0.0200 e. The smallest absolute Gasteiger partial charge is 0.0200 e. The molecule has 0 bridgehead atoms. The molecule has 0 aromatic carbocycles. The van der Waals surface area contributed by atoms with Gasteiger partial charge in [0.25, 0.3) is 0 Å². The average molecular weight is 198 g/mol. The minimum absolute atomic E-state index is 0.255. The molecule has 0 spiro atoms. The first-order valence-electron chi connectivity index (χ1n) is 5.90. The van der Waals surface area contributed by atoms with E-state index in [0.717, 1.165) is 0 Å². The molecule has 1 N–H and O–H groups in total. The summed E-state index contributed by atoms with van der Waals surface area (Å²) in [7, 11) is 0. The monoisotopic (exact) mass is 198 g/mol. The van der Waals surface area contributed by atoms with E-state index in [-0.39, 0.29) is 5.54 Å². The van der Waals surface area contributed by atoms with Crippen LogP contribution in [0.15, 0.2) is 0 Å². The molecule has 1 rings (SSSR count). The van der Waals surface area contributed by atoms with Crippen molar-refractivity contribution >= 4 is 0 Å².